The molecule has 0 saturated heterocycles. The van der Waals surface area contributed by atoms with Crippen molar-refractivity contribution in [3.8, 4) is 0 Å². The third kappa shape index (κ3) is 1.67. The Bertz CT molecular complexity index is 426. The predicted octanol–water partition coefficient (Wildman–Crippen LogP) is 3.06. The second-order valence-electron chi connectivity index (χ2n) is 5.46. The Morgan fingerprint density at radius 3 is 2.76 bits per heavy atom. The third-order valence-corrected chi connectivity index (χ3v) is 4.47. The monoisotopic (exact) mass is 230 g/mol. The van der Waals surface area contributed by atoms with Gasteiger partial charge in [-0.15, -0.1) is 0 Å². The molecule has 3 atom stereocenters. The SMILES string of the molecule is CC(=O)O[C@H]1C[C@H]2CC[C@@]1(c1ccccc1)C2. The summed E-state index contributed by atoms with van der Waals surface area (Å²) < 4.78 is 5.56. The molecular weight excluding hydrogens is 212 g/mol. The number of rotatable bonds is 2. The Morgan fingerprint density at radius 2 is 2.12 bits per heavy atom. The zero-order chi connectivity index (χ0) is 11.9. The summed E-state index contributed by atoms with van der Waals surface area (Å²) in [6.07, 6.45) is 4.79. The van der Waals surface area contributed by atoms with Crippen LogP contribution in [-0.4, -0.2) is 12.1 Å². The molecule has 0 aromatic heterocycles. The number of hydrogen-bond donors (Lipinski definition) is 0. The van der Waals surface area contributed by atoms with Crippen molar-refractivity contribution in [2.24, 2.45) is 5.92 Å². The Kier molecular flexibility index (Phi) is 2.46. The Balaban J connectivity index is 1.95. The summed E-state index contributed by atoms with van der Waals surface area (Å²) >= 11 is 0. The number of carbonyl (C=O) groups is 1. The van der Waals surface area contributed by atoms with Crippen molar-refractivity contribution >= 4 is 5.97 Å². The second-order valence-corrected chi connectivity index (χ2v) is 5.46. The van der Waals surface area contributed by atoms with Gasteiger partial charge in [-0.05, 0) is 37.2 Å². The molecule has 0 aliphatic heterocycles. The number of benzene rings is 1. The fourth-order valence-corrected chi connectivity index (χ4v) is 3.78. The van der Waals surface area contributed by atoms with Crippen LogP contribution in [0.5, 0.6) is 0 Å². The normalized spacial score (nSPS) is 34.9. The first-order chi connectivity index (χ1) is 8.21. The molecule has 0 heterocycles. The average Bonchev–Trinajstić information content (AvgIpc) is 2.88. The van der Waals surface area contributed by atoms with Crippen LogP contribution >= 0.6 is 0 Å². The molecule has 2 heteroatoms. The number of esters is 1. The highest BCUT2D eigenvalue weighted by atomic mass is 16.5. The minimum atomic E-state index is -0.141. The maximum absolute atomic E-state index is 11.2. The standard InChI is InChI=1S/C15H18O2/c1-11(16)17-14-9-12-7-8-15(14,10-12)13-5-3-2-4-6-13/h2-6,12,14H,7-10H2,1H3/t12-,14+,15+/m1/s1. The van der Waals surface area contributed by atoms with E-state index in [1.165, 1.54) is 31.7 Å². The van der Waals surface area contributed by atoms with Gasteiger partial charge >= 0.3 is 5.97 Å². The largest absolute Gasteiger partial charge is 0.462 e. The van der Waals surface area contributed by atoms with E-state index in [1.807, 2.05) is 6.07 Å². The van der Waals surface area contributed by atoms with Gasteiger partial charge in [0, 0.05) is 12.3 Å². The van der Waals surface area contributed by atoms with Crippen molar-refractivity contribution in [2.75, 3.05) is 0 Å². The summed E-state index contributed by atoms with van der Waals surface area (Å²) in [5, 5.41) is 0. The molecule has 0 spiro atoms. The molecule has 1 aromatic rings. The van der Waals surface area contributed by atoms with E-state index in [0.29, 0.717) is 0 Å². The van der Waals surface area contributed by atoms with Gasteiger partial charge in [0.25, 0.3) is 0 Å². The van der Waals surface area contributed by atoms with Crippen molar-refractivity contribution in [2.45, 2.75) is 44.1 Å². The minimum absolute atomic E-state index is 0.0983. The molecule has 0 radical (unpaired) electrons. The average molecular weight is 230 g/mol. The molecule has 2 bridgehead atoms. The van der Waals surface area contributed by atoms with Gasteiger partial charge in [-0.1, -0.05) is 30.3 Å². The van der Waals surface area contributed by atoms with Crippen LogP contribution in [0.25, 0.3) is 0 Å². The van der Waals surface area contributed by atoms with Gasteiger partial charge in [0.2, 0.25) is 0 Å². The van der Waals surface area contributed by atoms with Crippen molar-refractivity contribution in [1.29, 1.82) is 0 Å². The Labute approximate surface area is 102 Å². The van der Waals surface area contributed by atoms with Gasteiger partial charge < -0.3 is 4.74 Å². The van der Waals surface area contributed by atoms with E-state index in [0.717, 1.165) is 12.3 Å². The minimum Gasteiger partial charge on any atom is -0.462 e. The summed E-state index contributed by atoms with van der Waals surface area (Å²) in [5.41, 5.74) is 1.46. The van der Waals surface area contributed by atoms with Gasteiger partial charge in [-0.3, -0.25) is 4.79 Å². The van der Waals surface area contributed by atoms with E-state index >= 15 is 0 Å². The molecule has 2 saturated carbocycles. The summed E-state index contributed by atoms with van der Waals surface area (Å²) in [7, 11) is 0. The van der Waals surface area contributed by atoms with Crippen LogP contribution in [0.2, 0.25) is 0 Å². The molecule has 2 aliphatic rings. The van der Waals surface area contributed by atoms with Gasteiger partial charge in [-0.25, -0.2) is 0 Å². The van der Waals surface area contributed by atoms with Crippen LogP contribution in [0.15, 0.2) is 30.3 Å². The lowest BCUT2D eigenvalue weighted by Crippen LogP contribution is -2.37. The predicted molar refractivity (Wildman–Crippen MR) is 65.6 cm³/mol. The maximum Gasteiger partial charge on any atom is 0.302 e. The van der Waals surface area contributed by atoms with E-state index in [1.54, 1.807) is 0 Å². The fourth-order valence-electron chi connectivity index (χ4n) is 3.78. The Morgan fingerprint density at radius 1 is 1.35 bits per heavy atom. The summed E-state index contributed by atoms with van der Waals surface area (Å²) in [6.45, 7) is 1.52. The summed E-state index contributed by atoms with van der Waals surface area (Å²) in [4.78, 5) is 11.2. The first kappa shape index (κ1) is 10.8. The topological polar surface area (TPSA) is 26.3 Å². The summed E-state index contributed by atoms with van der Waals surface area (Å²) in [6, 6.07) is 10.6. The second kappa shape index (κ2) is 3.86. The Hall–Kier alpha value is -1.31. The molecule has 17 heavy (non-hydrogen) atoms. The molecule has 1 aromatic carbocycles. The molecule has 2 aliphatic carbocycles. The highest BCUT2D eigenvalue weighted by molar-refractivity contribution is 5.66. The van der Waals surface area contributed by atoms with Gasteiger partial charge in [-0.2, -0.15) is 0 Å². The highest BCUT2D eigenvalue weighted by Crippen LogP contribution is 2.56. The lowest BCUT2D eigenvalue weighted by Gasteiger charge is -2.34. The van der Waals surface area contributed by atoms with Crippen LogP contribution in [0.1, 0.15) is 38.2 Å². The lowest BCUT2D eigenvalue weighted by atomic mass is 9.75. The van der Waals surface area contributed by atoms with E-state index in [4.69, 9.17) is 4.74 Å². The van der Waals surface area contributed by atoms with Crippen LogP contribution in [-0.2, 0) is 14.9 Å². The highest BCUT2D eigenvalue weighted by Gasteiger charge is 2.54. The number of carbonyl (C=O) groups excluding carboxylic acids is 1. The number of fused-ring (bicyclic) bond motifs is 2. The van der Waals surface area contributed by atoms with Crippen molar-refractivity contribution in [3.63, 3.8) is 0 Å². The van der Waals surface area contributed by atoms with Crippen molar-refractivity contribution in [3.05, 3.63) is 35.9 Å². The van der Waals surface area contributed by atoms with Gasteiger partial charge in [0.15, 0.2) is 0 Å². The van der Waals surface area contributed by atoms with E-state index in [9.17, 15) is 4.79 Å². The fraction of sp³-hybridized carbons (Fsp3) is 0.533. The molecule has 2 nitrogen and oxygen atoms in total. The quantitative estimate of drug-likeness (QED) is 0.730. The van der Waals surface area contributed by atoms with Crippen LogP contribution in [0, 0.1) is 5.92 Å². The van der Waals surface area contributed by atoms with Crippen LogP contribution in [0.4, 0.5) is 0 Å². The van der Waals surface area contributed by atoms with Crippen molar-refractivity contribution < 1.29 is 9.53 Å². The number of hydrogen-bond acceptors (Lipinski definition) is 2. The maximum atomic E-state index is 11.2. The smallest absolute Gasteiger partial charge is 0.302 e. The zero-order valence-corrected chi connectivity index (χ0v) is 10.2. The zero-order valence-electron chi connectivity index (χ0n) is 10.2. The van der Waals surface area contributed by atoms with Crippen LogP contribution < -0.4 is 0 Å². The molecular formula is C15H18O2. The van der Waals surface area contributed by atoms with E-state index in [2.05, 4.69) is 24.3 Å². The van der Waals surface area contributed by atoms with Crippen LogP contribution in [0.3, 0.4) is 0 Å². The first-order valence-corrected chi connectivity index (χ1v) is 6.43. The number of ether oxygens (including phenoxy) is 1. The van der Waals surface area contributed by atoms with Gasteiger partial charge in [0.1, 0.15) is 6.10 Å². The molecule has 2 fully saturated rings. The van der Waals surface area contributed by atoms with Gasteiger partial charge in [0.05, 0.1) is 0 Å². The van der Waals surface area contributed by atoms with E-state index in [-0.39, 0.29) is 17.5 Å². The molecule has 0 amide bonds. The lowest BCUT2D eigenvalue weighted by molar-refractivity contribution is -0.149. The molecule has 0 N–H and O–H groups in total. The van der Waals surface area contributed by atoms with E-state index < -0.39 is 0 Å². The molecule has 3 rings (SSSR count). The molecule has 90 valence electrons. The van der Waals surface area contributed by atoms with Crippen molar-refractivity contribution in [1.82, 2.24) is 0 Å². The first-order valence-electron chi connectivity index (χ1n) is 6.43. The molecule has 0 unspecified atom stereocenters. The summed E-state index contributed by atoms with van der Waals surface area (Å²) in [5.74, 6) is 0.609. The third-order valence-electron chi connectivity index (χ3n) is 4.47.